The summed E-state index contributed by atoms with van der Waals surface area (Å²) in [6.07, 6.45) is 1.58. The fourth-order valence-electron chi connectivity index (χ4n) is 0.646. The Kier molecular flexibility index (Phi) is 2.38. The molecular formula is C6H6ClN3O. The van der Waals surface area contributed by atoms with Crippen molar-refractivity contribution in [1.29, 1.82) is 0 Å². The van der Waals surface area contributed by atoms with Crippen molar-refractivity contribution in [3.63, 3.8) is 0 Å². The summed E-state index contributed by atoms with van der Waals surface area (Å²) in [4.78, 5) is 17.8. The fraction of sp³-hybridized carbons (Fsp3) is 0.167. The van der Waals surface area contributed by atoms with Crippen LogP contribution in [-0.4, -0.2) is 15.9 Å². The van der Waals surface area contributed by atoms with E-state index in [1.54, 1.807) is 6.07 Å². The zero-order valence-electron chi connectivity index (χ0n) is 5.62. The third kappa shape index (κ3) is 2.51. The zero-order valence-corrected chi connectivity index (χ0v) is 6.38. The first-order valence-corrected chi connectivity index (χ1v) is 3.32. The largest absolute Gasteiger partial charge is 0.369 e. The molecule has 0 spiro atoms. The molecule has 0 unspecified atom stereocenters. The molecule has 1 heterocycles. The van der Waals surface area contributed by atoms with Gasteiger partial charge in [-0.1, -0.05) is 0 Å². The van der Waals surface area contributed by atoms with E-state index in [-0.39, 0.29) is 11.7 Å². The second-order valence-electron chi connectivity index (χ2n) is 1.96. The first-order valence-electron chi connectivity index (χ1n) is 2.94. The van der Waals surface area contributed by atoms with Gasteiger partial charge in [-0.25, -0.2) is 9.97 Å². The normalized spacial score (nSPS) is 9.55. The summed E-state index contributed by atoms with van der Waals surface area (Å²) in [5.41, 5.74) is 5.47. The van der Waals surface area contributed by atoms with E-state index in [0.29, 0.717) is 5.69 Å². The first-order chi connectivity index (χ1) is 5.18. The van der Waals surface area contributed by atoms with Crippen LogP contribution < -0.4 is 5.73 Å². The molecule has 0 saturated carbocycles. The molecule has 0 radical (unpaired) electrons. The van der Waals surface area contributed by atoms with Gasteiger partial charge in [0, 0.05) is 6.20 Å². The molecule has 11 heavy (non-hydrogen) atoms. The fourth-order valence-corrected chi connectivity index (χ4v) is 0.811. The van der Waals surface area contributed by atoms with Gasteiger partial charge in [0.05, 0.1) is 12.1 Å². The Balaban J connectivity index is 2.79. The van der Waals surface area contributed by atoms with Crippen molar-refractivity contribution in [2.45, 2.75) is 6.42 Å². The Morgan fingerprint density at radius 2 is 2.45 bits per heavy atom. The Labute approximate surface area is 68.4 Å². The molecule has 0 aliphatic rings. The number of carbonyl (C=O) groups is 1. The van der Waals surface area contributed by atoms with Crippen LogP contribution in [0.4, 0.5) is 0 Å². The van der Waals surface area contributed by atoms with E-state index in [9.17, 15) is 4.79 Å². The molecule has 4 nitrogen and oxygen atoms in total. The summed E-state index contributed by atoms with van der Waals surface area (Å²) in [5.74, 6) is -0.431. The van der Waals surface area contributed by atoms with Gasteiger partial charge in [-0.2, -0.15) is 0 Å². The van der Waals surface area contributed by atoms with Crippen molar-refractivity contribution in [1.82, 2.24) is 9.97 Å². The van der Waals surface area contributed by atoms with E-state index in [1.165, 1.54) is 6.20 Å². The van der Waals surface area contributed by atoms with Crippen LogP contribution in [0.2, 0.25) is 5.28 Å². The maximum absolute atomic E-state index is 10.4. The van der Waals surface area contributed by atoms with Crippen molar-refractivity contribution in [2.75, 3.05) is 0 Å². The van der Waals surface area contributed by atoms with E-state index < -0.39 is 5.91 Å². The van der Waals surface area contributed by atoms with Gasteiger partial charge >= 0.3 is 0 Å². The lowest BCUT2D eigenvalue weighted by atomic mass is 10.3. The molecular weight excluding hydrogens is 166 g/mol. The van der Waals surface area contributed by atoms with E-state index in [1.807, 2.05) is 0 Å². The number of amides is 1. The monoisotopic (exact) mass is 171 g/mol. The molecule has 1 amide bonds. The van der Waals surface area contributed by atoms with Gasteiger partial charge in [0.2, 0.25) is 11.2 Å². The van der Waals surface area contributed by atoms with E-state index in [2.05, 4.69) is 9.97 Å². The maximum atomic E-state index is 10.4. The topological polar surface area (TPSA) is 68.9 Å². The van der Waals surface area contributed by atoms with Crippen LogP contribution in [0.3, 0.4) is 0 Å². The lowest BCUT2D eigenvalue weighted by Crippen LogP contribution is -2.14. The summed E-state index contributed by atoms with van der Waals surface area (Å²) in [6, 6.07) is 1.59. The summed E-state index contributed by atoms with van der Waals surface area (Å²) in [5, 5.41) is 0.128. The summed E-state index contributed by atoms with van der Waals surface area (Å²) >= 11 is 5.45. The molecule has 1 aromatic rings. The Hall–Kier alpha value is -1.16. The molecule has 5 heteroatoms. The van der Waals surface area contributed by atoms with Gasteiger partial charge in [0.15, 0.2) is 0 Å². The number of rotatable bonds is 2. The van der Waals surface area contributed by atoms with Crippen LogP contribution in [0.5, 0.6) is 0 Å². The highest BCUT2D eigenvalue weighted by Gasteiger charge is 1.99. The van der Waals surface area contributed by atoms with Crippen molar-refractivity contribution in [2.24, 2.45) is 5.73 Å². The minimum Gasteiger partial charge on any atom is -0.369 e. The third-order valence-corrected chi connectivity index (χ3v) is 1.22. The van der Waals surface area contributed by atoms with E-state index >= 15 is 0 Å². The molecule has 0 atom stereocenters. The lowest BCUT2D eigenvalue weighted by Gasteiger charge is -1.94. The van der Waals surface area contributed by atoms with Gasteiger partial charge in [-0.3, -0.25) is 4.79 Å². The van der Waals surface area contributed by atoms with Crippen LogP contribution >= 0.6 is 11.6 Å². The van der Waals surface area contributed by atoms with Gasteiger partial charge in [0.25, 0.3) is 0 Å². The molecule has 58 valence electrons. The van der Waals surface area contributed by atoms with Crippen molar-refractivity contribution in [3.05, 3.63) is 23.2 Å². The maximum Gasteiger partial charge on any atom is 0.223 e. The number of hydrogen-bond donors (Lipinski definition) is 1. The smallest absolute Gasteiger partial charge is 0.223 e. The Morgan fingerprint density at radius 3 is 3.00 bits per heavy atom. The van der Waals surface area contributed by atoms with Crippen LogP contribution in [0.15, 0.2) is 12.3 Å². The molecule has 0 aliphatic heterocycles. The van der Waals surface area contributed by atoms with E-state index in [0.717, 1.165) is 0 Å². The number of aromatic nitrogens is 2. The summed E-state index contributed by atoms with van der Waals surface area (Å²) in [6.45, 7) is 0. The number of primary amides is 1. The minimum atomic E-state index is -0.431. The van der Waals surface area contributed by atoms with Gasteiger partial charge in [-0.05, 0) is 17.7 Å². The van der Waals surface area contributed by atoms with Crippen LogP contribution in [-0.2, 0) is 11.2 Å². The van der Waals surface area contributed by atoms with Crippen LogP contribution in [0, 0.1) is 0 Å². The molecule has 2 N–H and O–H groups in total. The average molecular weight is 172 g/mol. The number of carbonyl (C=O) groups excluding carboxylic acids is 1. The van der Waals surface area contributed by atoms with Crippen LogP contribution in [0.25, 0.3) is 0 Å². The predicted octanol–water partition coefficient (Wildman–Crippen LogP) is 0.158. The lowest BCUT2D eigenvalue weighted by molar-refractivity contribution is -0.117. The second kappa shape index (κ2) is 3.30. The SMILES string of the molecule is NC(=O)Cc1ccnc(Cl)n1. The van der Waals surface area contributed by atoms with Gasteiger partial charge < -0.3 is 5.73 Å². The molecule has 0 aromatic carbocycles. The quantitative estimate of drug-likeness (QED) is 0.645. The Morgan fingerprint density at radius 1 is 1.73 bits per heavy atom. The Bertz CT molecular complexity index is 276. The molecule has 0 fully saturated rings. The third-order valence-electron chi connectivity index (χ3n) is 1.04. The summed E-state index contributed by atoms with van der Waals surface area (Å²) < 4.78 is 0. The van der Waals surface area contributed by atoms with Crippen molar-refractivity contribution in [3.8, 4) is 0 Å². The first kappa shape index (κ1) is 7.94. The molecule has 0 saturated heterocycles. The highest BCUT2D eigenvalue weighted by molar-refractivity contribution is 6.28. The van der Waals surface area contributed by atoms with E-state index in [4.69, 9.17) is 17.3 Å². The molecule has 1 rings (SSSR count). The van der Waals surface area contributed by atoms with Crippen LogP contribution in [0.1, 0.15) is 5.69 Å². The number of nitrogens with zero attached hydrogens (tertiary/aromatic N) is 2. The number of halogens is 1. The minimum absolute atomic E-state index is 0.0994. The van der Waals surface area contributed by atoms with Crippen molar-refractivity contribution >= 4 is 17.5 Å². The second-order valence-corrected chi connectivity index (χ2v) is 2.30. The highest BCUT2D eigenvalue weighted by atomic mass is 35.5. The number of nitrogens with two attached hydrogens (primary N) is 1. The number of hydrogen-bond acceptors (Lipinski definition) is 3. The zero-order chi connectivity index (χ0) is 8.27. The standard InChI is InChI=1S/C6H6ClN3O/c7-6-9-2-1-4(10-6)3-5(8)11/h1-2H,3H2,(H2,8,11). The predicted molar refractivity (Wildman–Crippen MR) is 39.9 cm³/mol. The summed E-state index contributed by atoms with van der Waals surface area (Å²) in [7, 11) is 0. The van der Waals surface area contributed by atoms with Crippen molar-refractivity contribution < 1.29 is 4.79 Å². The average Bonchev–Trinajstić information content (AvgIpc) is 1.85. The highest BCUT2D eigenvalue weighted by Crippen LogP contribution is 2.00. The van der Waals surface area contributed by atoms with Gasteiger partial charge in [-0.15, -0.1) is 0 Å². The molecule has 0 aliphatic carbocycles. The molecule has 0 bridgehead atoms. The van der Waals surface area contributed by atoms with Gasteiger partial charge in [0.1, 0.15) is 0 Å². The molecule has 1 aromatic heterocycles.